The Bertz CT molecular complexity index is 4440. The van der Waals surface area contributed by atoms with Gasteiger partial charge in [0.1, 0.15) is 23.0 Å². The largest absolute Gasteiger partial charge is 0.506 e. The van der Waals surface area contributed by atoms with Crippen molar-refractivity contribution in [2.24, 2.45) is 10.2 Å². The zero-order valence-corrected chi connectivity index (χ0v) is 61.5. The van der Waals surface area contributed by atoms with Crippen LogP contribution in [0.25, 0.3) is 0 Å². The molecule has 4 aliphatic heterocycles. The summed E-state index contributed by atoms with van der Waals surface area (Å²) < 4.78 is 5.94. The van der Waals surface area contributed by atoms with Crippen molar-refractivity contribution in [3.05, 3.63) is 196 Å². The van der Waals surface area contributed by atoms with Gasteiger partial charge in [0.25, 0.3) is 53.2 Å². The van der Waals surface area contributed by atoms with Gasteiger partial charge >= 0.3 is 0 Å². The Morgan fingerprint density at radius 1 is 0.423 bits per heavy atom. The average Bonchev–Trinajstić information content (AvgIpc) is 0.823. The van der Waals surface area contributed by atoms with Gasteiger partial charge in [-0.2, -0.15) is 10.2 Å². The van der Waals surface area contributed by atoms with Crippen LogP contribution in [0.4, 0.5) is 28.4 Å². The van der Waals surface area contributed by atoms with Gasteiger partial charge in [-0.3, -0.25) is 67.5 Å². The van der Waals surface area contributed by atoms with Crippen LogP contribution in [-0.4, -0.2) is 275 Å². The van der Waals surface area contributed by atoms with Crippen molar-refractivity contribution in [1.82, 2.24) is 67.0 Å². The molecule has 0 aliphatic carbocycles. The highest BCUT2D eigenvalue weighted by molar-refractivity contribution is 6.08. The number of phenolic OH excluding ortho intramolecular Hbond substituents is 4. The normalized spacial score (nSPS) is 18.7. The highest BCUT2D eigenvalue weighted by Gasteiger charge is 2.29. The molecule has 4 heterocycles. The number of likely N-dealkylation sites (N-methyl/N-ethyl adjacent to an activating group) is 1. The summed E-state index contributed by atoms with van der Waals surface area (Å²) in [6.07, 6.45) is 0. The molecule has 33 heteroatoms. The summed E-state index contributed by atoms with van der Waals surface area (Å²) in [4.78, 5) is 150. The fourth-order valence-electron chi connectivity index (χ4n) is 12.5. The molecule has 12 bridgehead atoms. The van der Waals surface area contributed by atoms with Gasteiger partial charge in [-0.05, 0) is 109 Å². The number of nitrogen functional groups attached to an aromatic ring is 1. The topological polar surface area (TPSA) is 439 Å². The first-order valence-corrected chi connectivity index (χ1v) is 36.5. The van der Waals surface area contributed by atoms with Crippen molar-refractivity contribution in [3.63, 3.8) is 0 Å². The highest BCUT2D eigenvalue weighted by atomic mass is 16.5. The van der Waals surface area contributed by atoms with E-state index in [1.807, 2.05) is 43.7 Å². The molecule has 7 aromatic carbocycles. The predicted octanol–water partition coefficient (Wildman–Crippen LogP) is 2.93. The first-order valence-electron chi connectivity index (χ1n) is 36.5. The van der Waals surface area contributed by atoms with Crippen molar-refractivity contribution in [3.8, 4) is 23.0 Å². The van der Waals surface area contributed by atoms with E-state index in [0.29, 0.717) is 34.9 Å². The molecule has 33 nitrogen and oxygen atoms in total. The van der Waals surface area contributed by atoms with Gasteiger partial charge in [0.15, 0.2) is 0 Å². The standard InChI is InChI=1S/C78H92N18O15/c1-91(54-24-22-53(23-25-54)90-89-52-20-18-51(19-21-52)70(102)88-64-17-3-2-16-63(64)79)47-49-111-48-33-80-65(97)50-96-46-45-95-40-32-87-76(108)60-13-6-12-59(68(60)100)73(105)83-28-36-93(37-31-86-77(109)61-14-7-15-62(69(61)101)78(96)110)42-41-92-34-26-81-71(103)55-8-4-10-57(66(55)98)74(106)84-29-38-94(43-44-95)39-30-85-75(107)58-11-5-9-56(67(58)99)72(104)82-27-35-92/h2-25,98-101H,26-50,79H2,1H3,(H,80,97)(H,81,103)(H,82,104)(H,83,105)(H,84,106)(H,85,107)(H,86,109)(H,87,108)(H,88,102). The molecular weight excluding hydrogens is 1430 g/mol. The number of fused-ring (bicyclic) bond motifs is 16. The lowest BCUT2D eigenvalue weighted by Crippen LogP contribution is -2.48. The quantitative estimate of drug-likeness (QED) is 0.0448. The third-order valence-electron chi connectivity index (χ3n) is 18.9. The fraction of sp³-hybridized carbons (Fsp3) is 0.333. The van der Waals surface area contributed by atoms with Gasteiger partial charge in [-0.15, -0.1) is 0 Å². The van der Waals surface area contributed by atoms with E-state index in [2.05, 4.69) is 58.1 Å². The van der Waals surface area contributed by atoms with Gasteiger partial charge in [0, 0.05) is 162 Å². The number of amides is 10. The Hall–Kier alpha value is -12.6. The number of anilines is 3. The van der Waals surface area contributed by atoms with Crippen molar-refractivity contribution < 1.29 is 73.1 Å². The minimum absolute atomic E-state index is 0.0131. The molecule has 4 aliphatic rings. The second-order valence-electron chi connectivity index (χ2n) is 26.4. The molecule has 0 saturated carbocycles. The fourth-order valence-corrected chi connectivity index (χ4v) is 12.5. The van der Waals surface area contributed by atoms with E-state index in [0.717, 1.165) is 5.69 Å². The molecule has 11 rings (SSSR count). The summed E-state index contributed by atoms with van der Waals surface area (Å²) in [5, 5.41) is 80.4. The number of hydrogen-bond acceptors (Lipinski definition) is 23. The summed E-state index contributed by atoms with van der Waals surface area (Å²) >= 11 is 0. The molecule has 584 valence electrons. The molecule has 0 fully saturated rings. The molecule has 2 atom stereocenters. The highest BCUT2D eigenvalue weighted by Crippen LogP contribution is 2.29. The maximum atomic E-state index is 15.1. The lowest BCUT2D eigenvalue weighted by molar-refractivity contribution is -0.122. The Balaban J connectivity index is 0.885. The third kappa shape index (κ3) is 22.8. The number of rotatable bonds is 13. The Labute approximate surface area is 640 Å². The second-order valence-corrected chi connectivity index (χ2v) is 26.4. The van der Waals surface area contributed by atoms with E-state index >= 15 is 4.79 Å². The van der Waals surface area contributed by atoms with E-state index in [9.17, 15) is 63.6 Å². The van der Waals surface area contributed by atoms with Crippen LogP contribution in [0.3, 0.4) is 0 Å². The summed E-state index contributed by atoms with van der Waals surface area (Å²) in [6.45, 7) is 1.16. The van der Waals surface area contributed by atoms with Crippen LogP contribution in [0.2, 0.25) is 0 Å². The van der Waals surface area contributed by atoms with Crippen LogP contribution >= 0.6 is 0 Å². The van der Waals surface area contributed by atoms with Gasteiger partial charge in [-0.1, -0.05) is 36.4 Å². The number of para-hydroxylation sites is 6. The molecule has 0 spiro atoms. The van der Waals surface area contributed by atoms with Crippen molar-refractivity contribution in [2.75, 3.05) is 187 Å². The van der Waals surface area contributed by atoms with Crippen molar-refractivity contribution in [1.29, 1.82) is 0 Å². The lowest BCUT2D eigenvalue weighted by Gasteiger charge is -2.30. The van der Waals surface area contributed by atoms with Crippen LogP contribution in [0.5, 0.6) is 23.0 Å². The number of carbonyl (C=O) groups is 10. The van der Waals surface area contributed by atoms with Crippen LogP contribution in [0.15, 0.2) is 156 Å². The van der Waals surface area contributed by atoms with E-state index in [-0.39, 0.29) is 201 Å². The Kier molecular flexibility index (Phi) is 29.2. The Morgan fingerprint density at radius 3 is 1.14 bits per heavy atom. The van der Waals surface area contributed by atoms with E-state index in [4.69, 9.17) is 10.5 Å². The number of ether oxygens (including phenoxy) is 1. The second kappa shape index (κ2) is 40.0. The van der Waals surface area contributed by atoms with E-state index < -0.39 is 82.7 Å². The first-order chi connectivity index (χ1) is 53.7. The SMILES string of the molecule is CN(CCOCCNC(=O)CN1CCN2CCNC(=O)c3cccc(c3O)C(=O)NCCN(CCNC(=O)c3cccc(c3O)C1=O)CCN1CCNC(=O)c3cccc(c3O)C(=O)NCCN(CCNC(=O)c3cccc(c3O)C(=O)NCC1)CC2)c1ccc(N=Nc2ccc(C(=O)Nc3ccccc3N)cc2)cc1. The Morgan fingerprint density at radius 2 is 0.757 bits per heavy atom. The zero-order chi connectivity index (χ0) is 78.8. The molecule has 2 unspecified atom stereocenters. The summed E-state index contributed by atoms with van der Waals surface area (Å²) in [7, 11) is 1.88. The molecule has 15 N–H and O–H groups in total. The predicted molar refractivity (Wildman–Crippen MR) is 413 cm³/mol. The number of carbonyl (C=O) groups excluding carboxylic acids is 10. The number of nitrogens with one attached hydrogen (secondary N) is 9. The number of benzene rings is 7. The smallest absolute Gasteiger partial charge is 0.258 e. The molecule has 10 amide bonds. The molecule has 0 radical (unpaired) electrons. The number of nitrogens with two attached hydrogens (primary N) is 1. The van der Waals surface area contributed by atoms with E-state index in [1.54, 1.807) is 60.7 Å². The summed E-state index contributed by atoms with van der Waals surface area (Å²) in [5.74, 6) is -9.02. The van der Waals surface area contributed by atoms with Crippen LogP contribution in [-0.2, 0) is 9.53 Å². The summed E-state index contributed by atoms with van der Waals surface area (Å²) in [5.41, 5.74) is 7.71. The van der Waals surface area contributed by atoms with Crippen LogP contribution in [0, 0.1) is 0 Å². The number of aromatic hydroxyl groups is 4. The molecule has 0 aromatic heterocycles. The minimum Gasteiger partial charge on any atom is -0.506 e. The van der Waals surface area contributed by atoms with Crippen LogP contribution in [0.1, 0.15) is 93.2 Å². The first kappa shape index (κ1) is 81.0. The van der Waals surface area contributed by atoms with Crippen molar-refractivity contribution in [2.45, 2.75) is 0 Å². The van der Waals surface area contributed by atoms with Gasteiger partial charge < -0.3 is 88.5 Å². The van der Waals surface area contributed by atoms with Crippen LogP contribution < -0.4 is 58.5 Å². The number of nitrogens with zero attached hydrogens (tertiary/aromatic N) is 8. The van der Waals surface area contributed by atoms with Crippen molar-refractivity contribution >= 4 is 87.5 Å². The molecule has 111 heavy (non-hydrogen) atoms. The molecule has 0 saturated heterocycles. The maximum Gasteiger partial charge on any atom is 0.258 e. The summed E-state index contributed by atoms with van der Waals surface area (Å²) in [6, 6.07) is 37.7. The number of phenols is 4. The molecular formula is C78H92N18O15. The average molecular weight is 1520 g/mol. The minimum atomic E-state index is -0.813. The van der Waals surface area contributed by atoms with Gasteiger partial charge in [-0.25, -0.2) is 0 Å². The maximum absolute atomic E-state index is 15.1. The number of hydrogen-bond donors (Lipinski definition) is 14. The lowest BCUT2D eigenvalue weighted by atomic mass is 10.1. The van der Waals surface area contributed by atoms with Gasteiger partial charge in [0.2, 0.25) is 5.91 Å². The van der Waals surface area contributed by atoms with E-state index in [1.165, 1.54) is 77.7 Å². The third-order valence-corrected chi connectivity index (χ3v) is 18.9. The molecule has 7 aromatic rings. The monoisotopic (exact) mass is 1520 g/mol. The number of azo groups is 1. The van der Waals surface area contributed by atoms with Gasteiger partial charge in [0.05, 0.1) is 87.0 Å². The zero-order valence-electron chi connectivity index (χ0n) is 61.5.